The average Bonchev–Trinajstić information content (AvgIpc) is 3.51. The molecule has 1 N–H and O–H groups in total. The van der Waals surface area contributed by atoms with Crippen molar-refractivity contribution in [1.29, 1.82) is 0 Å². The number of fused-ring (bicyclic) bond motifs is 3. The van der Waals surface area contributed by atoms with Crippen LogP contribution < -0.4 is 5.32 Å². The number of Topliss-reactive ketones (excluding diaryl/α,β-unsaturated/α-hetero) is 1. The zero-order valence-corrected chi connectivity index (χ0v) is 23.4. The first-order valence-electron chi connectivity index (χ1n) is 14.2. The van der Waals surface area contributed by atoms with Crippen molar-refractivity contribution < 1.29 is 19.1 Å². The first kappa shape index (κ1) is 26.3. The van der Waals surface area contributed by atoms with E-state index in [-0.39, 0.29) is 29.6 Å². The SMILES string of the molecule is CC[C@@H]1CN2CC[C@]3(Nc4cccc(-c5ccc(-c6ccccc6)cc5)c4C3=O)[C@@H]2C[C@@H]1/C(=C\OC)C(=O)OC. The lowest BCUT2D eigenvalue weighted by Gasteiger charge is -2.45. The van der Waals surface area contributed by atoms with Gasteiger partial charge in [-0.2, -0.15) is 0 Å². The van der Waals surface area contributed by atoms with E-state index in [1.54, 1.807) is 7.11 Å². The number of hydrogen-bond donors (Lipinski definition) is 1. The highest BCUT2D eigenvalue weighted by Crippen LogP contribution is 2.50. The smallest absolute Gasteiger partial charge is 0.337 e. The third kappa shape index (κ3) is 4.22. The van der Waals surface area contributed by atoms with Crippen LogP contribution >= 0.6 is 0 Å². The summed E-state index contributed by atoms with van der Waals surface area (Å²) in [4.78, 5) is 29.7. The van der Waals surface area contributed by atoms with Crippen LogP contribution in [-0.4, -0.2) is 55.5 Å². The minimum absolute atomic E-state index is 0.0292. The zero-order chi connectivity index (χ0) is 27.9. The highest BCUT2D eigenvalue weighted by Gasteiger charge is 2.59. The summed E-state index contributed by atoms with van der Waals surface area (Å²) < 4.78 is 10.4. The average molecular weight is 537 g/mol. The topological polar surface area (TPSA) is 67.9 Å². The number of methoxy groups -OCH3 is 2. The van der Waals surface area contributed by atoms with Crippen molar-refractivity contribution in [2.45, 2.75) is 37.8 Å². The van der Waals surface area contributed by atoms with Crippen molar-refractivity contribution in [2.24, 2.45) is 11.8 Å². The van der Waals surface area contributed by atoms with Gasteiger partial charge in [0.15, 0.2) is 5.78 Å². The van der Waals surface area contributed by atoms with Gasteiger partial charge in [0.1, 0.15) is 5.54 Å². The maximum absolute atomic E-state index is 14.5. The van der Waals surface area contributed by atoms with Crippen molar-refractivity contribution in [3.63, 3.8) is 0 Å². The maximum atomic E-state index is 14.5. The Balaban J connectivity index is 1.33. The lowest BCUT2D eigenvalue weighted by molar-refractivity contribution is -0.137. The number of ketones is 1. The Bertz CT molecular complexity index is 1450. The number of esters is 1. The van der Waals surface area contributed by atoms with Crippen molar-refractivity contribution in [2.75, 3.05) is 32.6 Å². The van der Waals surface area contributed by atoms with Gasteiger partial charge in [-0.05, 0) is 53.0 Å². The lowest BCUT2D eigenvalue weighted by atomic mass is 9.71. The third-order valence-electron chi connectivity index (χ3n) is 9.27. The number of anilines is 1. The Hall–Kier alpha value is -3.90. The van der Waals surface area contributed by atoms with Gasteiger partial charge < -0.3 is 14.8 Å². The normalized spacial score (nSPS) is 25.8. The minimum Gasteiger partial charge on any atom is -0.504 e. The van der Waals surface area contributed by atoms with Gasteiger partial charge in [-0.1, -0.05) is 80.1 Å². The largest absolute Gasteiger partial charge is 0.504 e. The fourth-order valence-electron chi connectivity index (χ4n) is 7.26. The maximum Gasteiger partial charge on any atom is 0.337 e. The number of benzene rings is 3. The molecule has 0 saturated carbocycles. The lowest BCUT2D eigenvalue weighted by Crippen LogP contribution is -2.57. The molecule has 3 aromatic rings. The molecule has 40 heavy (non-hydrogen) atoms. The van der Waals surface area contributed by atoms with Crippen molar-refractivity contribution in [3.05, 3.63) is 90.2 Å². The molecule has 6 nitrogen and oxygen atoms in total. The molecule has 0 bridgehead atoms. The second kappa shape index (κ2) is 10.6. The van der Waals surface area contributed by atoms with Crippen LogP contribution in [0.25, 0.3) is 22.3 Å². The Labute approximate surface area is 236 Å². The summed E-state index contributed by atoms with van der Waals surface area (Å²) in [6.45, 7) is 3.85. The summed E-state index contributed by atoms with van der Waals surface area (Å²) >= 11 is 0. The number of nitrogens with one attached hydrogen (secondary N) is 1. The molecule has 0 aliphatic carbocycles. The van der Waals surface area contributed by atoms with E-state index in [0.29, 0.717) is 12.0 Å². The number of carbonyl (C=O) groups excluding carboxylic acids is 2. The van der Waals surface area contributed by atoms with Crippen LogP contribution in [0.4, 0.5) is 5.69 Å². The van der Waals surface area contributed by atoms with Gasteiger partial charge in [0, 0.05) is 24.8 Å². The van der Waals surface area contributed by atoms with Crippen LogP contribution in [-0.2, 0) is 14.3 Å². The Kier molecular flexibility index (Phi) is 6.97. The molecule has 6 rings (SSSR count). The fraction of sp³-hybridized carbons (Fsp3) is 0.353. The number of hydrogen-bond acceptors (Lipinski definition) is 6. The number of rotatable bonds is 6. The molecule has 3 aliphatic rings. The van der Waals surface area contributed by atoms with E-state index in [2.05, 4.69) is 59.6 Å². The predicted molar refractivity (Wildman–Crippen MR) is 157 cm³/mol. The van der Waals surface area contributed by atoms with E-state index >= 15 is 0 Å². The summed E-state index contributed by atoms with van der Waals surface area (Å²) in [7, 11) is 2.97. The first-order chi connectivity index (χ1) is 19.5. The molecule has 1 spiro atoms. The quantitative estimate of drug-likeness (QED) is 0.230. The Morgan fingerprint density at radius 3 is 2.42 bits per heavy atom. The number of carbonyl (C=O) groups is 2. The Morgan fingerprint density at radius 2 is 1.73 bits per heavy atom. The predicted octanol–water partition coefficient (Wildman–Crippen LogP) is 6.19. The van der Waals surface area contributed by atoms with E-state index in [4.69, 9.17) is 9.47 Å². The molecule has 3 aromatic carbocycles. The zero-order valence-electron chi connectivity index (χ0n) is 23.4. The van der Waals surface area contributed by atoms with E-state index in [1.807, 2.05) is 30.3 Å². The molecular formula is C34H36N2O4. The van der Waals surface area contributed by atoms with Crippen molar-refractivity contribution in [3.8, 4) is 22.3 Å². The van der Waals surface area contributed by atoms with Crippen LogP contribution in [0.2, 0.25) is 0 Å². The van der Waals surface area contributed by atoms with Gasteiger partial charge >= 0.3 is 5.97 Å². The van der Waals surface area contributed by atoms with Gasteiger partial charge in [0.25, 0.3) is 0 Å². The summed E-state index contributed by atoms with van der Waals surface area (Å²) in [6, 6.07) is 24.8. The van der Waals surface area contributed by atoms with Crippen LogP contribution in [0, 0.1) is 11.8 Å². The molecule has 3 aliphatic heterocycles. The number of ether oxygens (including phenoxy) is 2. The second-order valence-electron chi connectivity index (χ2n) is 11.2. The van der Waals surface area contributed by atoms with Gasteiger partial charge in [0.05, 0.1) is 31.6 Å². The van der Waals surface area contributed by atoms with Crippen molar-refractivity contribution >= 4 is 17.4 Å². The molecule has 0 aromatic heterocycles. The monoisotopic (exact) mass is 536 g/mol. The van der Waals surface area contributed by atoms with E-state index in [9.17, 15) is 9.59 Å². The highest BCUT2D eigenvalue weighted by molar-refractivity contribution is 6.18. The third-order valence-corrected chi connectivity index (χ3v) is 9.27. The summed E-state index contributed by atoms with van der Waals surface area (Å²) in [5.41, 5.74) is 5.81. The Morgan fingerprint density at radius 1 is 1.00 bits per heavy atom. The second-order valence-corrected chi connectivity index (χ2v) is 11.2. The van der Waals surface area contributed by atoms with E-state index in [1.165, 1.54) is 18.9 Å². The molecule has 2 saturated heterocycles. The van der Waals surface area contributed by atoms with Gasteiger partial charge in [-0.3, -0.25) is 9.69 Å². The molecule has 6 heteroatoms. The van der Waals surface area contributed by atoms with Gasteiger partial charge in [0.2, 0.25) is 0 Å². The molecule has 3 heterocycles. The van der Waals surface area contributed by atoms with Crippen LogP contribution in [0.15, 0.2) is 84.6 Å². The molecule has 0 unspecified atom stereocenters. The van der Waals surface area contributed by atoms with Gasteiger partial charge in [-0.25, -0.2) is 4.79 Å². The molecule has 0 radical (unpaired) electrons. The first-order valence-corrected chi connectivity index (χ1v) is 14.2. The van der Waals surface area contributed by atoms with Crippen LogP contribution in [0.1, 0.15) is 36.5 Å². The van der Waals surface area contributed by atoms with Gasteiger partial charge in [-0.15, -0.1) is 0 Å². The molecule has 206 valence electrons. The highest BCUT2D eigenvalue weighted by atomic mass is 16.5. The number of nitrogens with zero attached hydrogens (tertiary/aromatic N) is 1. The standard InChI is InChI=1S/C34H36N2O4/c1-4-22-20-36-18-17-34(30(36)19-27(22)28(21-39-2)33(38)40-3)32(37)31-26(11-8-12-29(31)35-34)25-15-13-24(14-16-25)23-9-6-5-7-10-23/h5-16,21-22,27,30,35H,4,17-20H2,1-3H3/b28-21+/t22-,27+,30+,34+/m1/s1. The molecule has 2 fully saturated rings. The number of piperidine rings is 1. The summed E-state index contributed by atoms with van der Waals surface area (Å²) in [6.07, 6.45) is 3.90. The fourth-order valence-corrected chi connectivity index (χ4v) is 7.26. The van der Waals surface area contributed by atoms with Crippen LogP contribution in [0.3, 0.4) is 0 Å². The minimum atomic E-state index is -0.715. The van der Waals surface area contributed by atoms with Crippen molar-refractivity contribution in [1.82, 2.24) is 4.90 Å². The summed E-state index contributed by atoms with van der Waals surface area (Å²) in [5.74, 6) is 0.0317. The summed E-state index contributed by atoms with van der Waals surface area (Å²) in [5, 5.41) is 3.72. The molecule has 0 amide bonds. The molecule has 4 atom stereocenters. The molecular weight excluding hydrogens is 500 g/mol. The van der Waals surface area contributed by atoms with E-state index < -0.39 is 5.54 Å². The van der Waals surface area contributed by atoms with Crippen LogP contribution in [0.5, 0.6) is 0 Å². The van der Waals surface area contributed by atoms with E-state index in [0.717, 1.165) is 53.9 Å².